The average Bonchev–Trinajstić information content (AvgIpc) is 2.90. The minimum absolute atomic E-state index is 0.0400. The Kier molecular flexibility index (Phi) is 10.9. The molecule has 0 radical (unpaired) electrons. The Morgan fingerprint density at radius 2 is 1.38 bits per heavy atom. The lowest BCUT2D eigenvalue weighted by atomic mass is 9.75. The lowest BCUT2D eigenvalue weighted by Crippen LogP contribution is -2.70. The SMILES string of the molecule is COC(=O)C1C(C)=NC(C)=C(C(=O)OCCCC(F)(F)C(F)(F)C(F)(F)C(F)(F)C(F)(F)C(F)(F)F)C1c1cccc(Cl)c1Cl. The monoisotopic (exact) mass is 715 g/mol. The summed E-state index contributed by atoms with van der Waals surface area (Å²) < 4.78 is 183. The Hall–Kier alpha value is -2.76. The van der Waals surface area contributed by atoms with Gasteiger partial charge in [-0.3, -0.25) is 9.79 Å². The van der Waals surface area contributed by atoms with Gasteiger partial charge in [-0.25, -0.2) is 4.79 Å². The van der Waals surface area contributed by atoms with Crippen LogP contribution in [0.1, 0.15) is 38.2 Å². The number of esters is 2. The first kappa shape index (κ1) is 38.4. The quantitative estimate of drug-likeness (QED) is 0.131. The number of hydrogen-bond acceptors (Lipinski definition) is 5. The number of nitrogens with zero attached hydrogens (tertiary/aromatic N) is 1. The first-order valence-corrected chi connectivity index (χ1v) is 12.9. The van der Waals surface area contributed by atoms with Gasteiger partial charge >= 0.3 is 47.7 Å². The van der Waals surface area contributed by atoms with Crippen LogP contribution in [0.3, 0.4) is 0 Å². The van der Waals surface area contributed by atoms with Crippen molar-refractivity contribution in [3.63, 3.8) is 0 Å². The Morgan fingerprint density at radius 3 is 1.89 bits per heavy atom. The van der Waals surface area contributed by atoms with Crippen LogP contribution >= 0.6 is 23.2 Å². The van der Waals surface area contributed by atoms with Gasteiger partial charge in [0.2, 0.25) is 0 Å². The predicted molar refractivity (Wildman–Crippen MR) is 132 cm³/mol. The largest absolute Gasteiger partial charge is 0.468 e. The normalized spacial score (nSPS) is 18.9. The maximum atomic E-state index is 14.1. The minimum Gasteiger partial charge on any atom is -0.468 e. The number of alkyl halides is 13. The van der Waals surface area contributed by atoms with Gasteiger partial charge in [0.15, 0.2) is 0 Å². The third kappa shape index (κ3) is 6.58. The van der Waals surface area contributed by atoms with Crippen LogP contribution in [0.5, 0.6) is 0 Å². The number of allylic oxidation sites excluding steroid dienone is 1. The zero-order valence-corrected chi connectivity index (χ0v) is 24.3. The van der Waals surface area contributed by atoms with E-state index in [1.54, 1.807) is 0 Å². The number of ether oxygens (including phenoxy) is 2. The highest BCUT2D eigenvalue weighted by molar-refractivity contribution is 6.42. The van der Waals surface area contributed by atoms with Gasteiger partial charge in [0.05, 0.1) is 29.3 Å². The molecule has 0 saturated carbocycles. The summed E-state index contributed by atoms with van der Waals surface area (Å²) in [5.41, 5.74) is -0.418. The van der Waals surface area contributed by atoms with Crippen LogP contribution in [0, 0.1) is 5.92 Å². The minimum atomic E-state index is -8.02. The molecule has 0 spiro atoms. The van der Waals surface area contributed by atoms with E-state index in [0.29, 0.717) is 0 Å². The van der Waals surface area contributed by atoms with Crippen LogP contribution in [0.15, 0.2) is 34.5 Å². The number of aliphatic imine (C=N–C) groups is 1. The van der Waals surface area contributed by atoms with Gasteiger partial charge in [-0.1, -0.05) is 35.3 Å². The fraction of sp³-hybridized carbons (Fsp3) is 0.560. The first-order chi connectivity index (χ1) is 20.2. The Morgan fingerprint density at radius 1 is 0.844 bits per heavy atom. The second kappa shape index (κ2) is 12.8. The molecular formula is C25H20Cl2F13NO4. The number of rotatable bonds is 11. The molecule has 1 aliphatic rings. The third-order valence-electron chi connectivity index (χ3n) is 6.69. The van der Waals surface area contributed by atoms with Crippen molar-refractivity contribution in [2.45, 2.75) is 68.4 Å². The highest BCUT2D eigenvalue weighted by atomic mass is 35.5. The molecule has 5 nitrogen and oxygen atoms in total. The molecule has 0 aromatic heterocycles. The molecular weight excluding hydrogens is 696 g/mol. The van der Waals surface area contributed by atoms with Crippen molar-refractivity contribution in [1.82, 2.24) is 0 Å². The molecule has 1 aliphatic heterocycles. The van der Waals surface area contributed by atoms with E-state index >= 15 is 0 Å². The van der Waals surface area contributed by atoms with Crippen molar-refractivity contribution in [3.05, 3.63) is 45.1 Å². The second-order valence-electron chi connectivity index (χ2n) is 9.61. The standard InChI is InChI=1S/C25H20Cl2F13NO4/c1-10-14(18(42)44-3)16(12-6-4-7-13(26)17(12)27)15(11(2)41-10)19(43)45-9-5-8-20(28,29)21(30,31)22(32,33)23(34,35)24(36,37)25(38,39)40/h4,6-7,14,16H,5,8-9H2,1-3H3. The first-order valence-electron chi connectivity index (χ1n) is 12.1. The van der Waals surface area contributed by atoms with Crippen LogP contribution in [-0.2, 0) is 19.1 Å². The van der Waals surface area contributed by atoms with Crippen molar-refractivity contribution in [3.8, 4) is 0 Å². The molecule has 0 N–H and O–H groups in total. The van der Waals surface area contributed by atoms with Gasteiger partial charge in [0, 0.05) is 23.7 Å². The number of benzene rings is 1. The maximum Gasteiger partial charge on any atom is 0.460 e. The summed E-state index contributed by atoms with van der Waals surface area (Å²) >= 11 is 12.3. The smallest absolute Gasteiger partial charge is 0.460 e. The maximum absolute atomic E-state index is 14.1. The fourth-order valence-electron chi connectivity index (χ4n) is 4.33. The molecule has 0 saturated heterocycles. The molecule has 0 aliphatic carbocycles. The van der Waals surface area contributed by atoms with Gasteiger partial charge in [-0.15, -0.1) is 0 Å². The van der Waals surface area contributed by atoms with E-state index in [9.17, 15) is 66.7 Å². The topological polar surface area (TPSA) is 65.0 Å². The molecule has 2 atom stereocenters. The van der Waals surface area contributed by atoms with E-state index in [2.05, 4.69) is 4.99 Å². The highest BCUT2D eigenvalue weighted by Crippen LogP contribution is 2.60. The van der Waals surface area contributed by atoms with Crippen LogP contribution in [0.2, 0.25) is 10.0 Å². The van der Waals surface area contributed by atoms with Gasteiger partial charge in [0.1, 0.15) is 5.92 Å². The van der Waals surface area contributed by atoms with Crippen LogP contribution < -0.4 is 0 Å². The molecule has 1 heterocycles. The lowest BCUT2D eigenvalue weighted by Gasteiger charge is -2.39. The Bertz CT molecular complexity index is 1380. The summed E-state index contributed by atoms with van der Waals surface area (Å²) in [6.07, 6.45) is -11.6. The molecule has 2 unspecified atom stereocenters. The van der Waals surface area contributed by atoms with Gasteiger partial charge in [0.25, 0.3) is 0 Å². The number of carbonyl (C=O) groups is 2. The number of carbonyl (C=O) groups excluding carboxylic acids is 2. The van der Waals surface area contributed by atoms with E-state index in [1.165, 1.54) is 32.0 Å². The molecule has 254 valence electrons. The second-order valence-corrected chi connectivity index (χ2v) is 10.4. The zero-order chi connectivity index (χ0) is 35.1. The molecule has 0 amide bonds. The highest BCUT2D eigenvalue weighted by Gasteiger charge is 2.90. The Labute approximate surface area is 255 Å². The molecule has 2 rings (SSSR count). The predicted octanol–water partition coefficient (Wildman–Crippen LogP) is 8.68. The van der Waals surface area contributed by atoms with Crippen LogP contribution in [-0.4, -0.2) is 67.2 Å². The summed E-state index contributed by atoms with van der Waals surface area (Å²) in [7, 11) is 0.995. The van der Waals surface area contributed by atoms with Crippen LogP contribution in [0.25, 0.3) is 0 Å². The van der Waals surface area contributed by atoms with Crippen molar-refractivity contribution < 1.29 is 76.1 Å². The fourth-order valence-corrected chi connectivity index (χ4v) is 4.75. The Balaban J connectivity index is 2.34. The summed E-state index contributed by atoms with van der Waals surface area (Å²) in [6.45, 7) is 1.29. The van der Waals surface area contributed by atoms with Crippen molar-refractivity contribution in [2.24, 2.45) is 10.9 Å². The zero-order valence-electron chi connectivity index (χ0n) is 22.8. The van der Waals surface area contributed by atoms with E-state index < -0.39 is 84.6 Å². The van der Waals surface area contributed by atoms with E-state index in [0.717, 1.165) is 7.11 Å². The molecule has 20 heteroatoms. The van der Waals surface area contributed by atoms with E-state index in [1.807, 2.05) is 0 Å². The van der Waals surface area contributed by atoms with Gasteiger partial charge in [-0.05, 0) is 31.9 Å². The van der Waals surface area contributed by atoms with E-state index in [4.69, 9.17) is 32.7 Å². The number of hydrogen-bond donors (Lipinski definition) is 0. The summed E-state index contributed by atoms with van der Waals surface area (Å²) in [5, 5.41) is -0.191. The van der Waals surface area contributed by atoms with Crippen molar-refractivity contribution >= 4 is 40.9 Å². The van der Waals surface area contributed by atoms with Crippen molar-refractivity contribution in [1.29, 1.82) is 0 Å². The van der Waals surface area contributed by atoms with E-state index in [-0.39, 0.29) is 27.0 Å². The molecule has 1 aromatic rings. The lowest BCUT2D eigenvalue weighted by molar-refractivity contribution is -0.440. The molecule has 45 heavy (non-hydrogen) atoms. The summed E-state index contributed by atoms with van der Waals surface area (Å²) in [5.74, 6) is -42.6. The number of halogens is 15. The van der Waals surface area contributed by atoms with Gasteiger partial charge < -0.3 is 9.47 Å². The summed E-state index contributed by atoms with van der Waals surface area (Å²) in [4.78, 5) is 29.7. The van der Waals surface area contributed by atoms with Gasteiger partial charge in [-0.2, -0.15) is 57.1 Å². The summed E-state index contributed by atoms with van der Waals surface area (Å²) in [6, 6.07) is 4.07. The van der Waals surface area contributed by atoms with Crippen LogP contribution in [0.4, 0.5) is 57.1 Å². The third-order valence-corrected chi connectivity index (χ3v) is 7.52. The number of methoxy groups -OCH3 is 1. The molecule has 0 bridgehead atoms. The molecule has 0 fully saturated rings. The van der Waals surface area contributed by atoms with Crippen molar-refractivity contribution in [2.75, 3.05) is 13.7 Å². The molecule has 1 aromatic carbocycles. The average molecular weight is 716 g/mol.